The first-order valence-electron chi connectivity index (χ1n) is 5.16. The van der Waals surface area contributed by atoms with Crippen LogP contribution in [0.1, 0.15) is 26.7 Å². The van der Waals surface area contributed by atoms with E-state index in [1.807, 2.05) is 26.4 Å². The highest BCUT2D eigenvalue weighted by Crippen LogP contribution is 2.25. The molecule has 0 bridgehead atoms. The van der Waals surface area contributed by atoms with Gasteiger partial charge in [-0.3, -0.25) is 9.00 Å². The molecule has 90 valence electrons. The number of carbonyl (C=O) groups excluding carboxylic acids is 1. The first kappa shape index (κ1) is 14.4. The largest absolute Gasteiger partial charge is 0.353 e. The van der Waals surface area contributed by atoms with Gasteiger partial charge >= 0.3 is 0 Å². The summed E-state index contributed by atoms with van der Waals surface area (Å²) in [5.41, 5.74) is 0. The molecular weight excluding hydrogens is 210 g/mol. The van der Waals surface area contributed by atoms with Crippen molar-refractivity contribution in [2.75, 3.05) is 19.1 Å². The third-order valence-corrected chi connectivity index (χ3v) is 6.05. The second-order valence-corrected chi connectivity index (χ2v) is 8.67. The number of carbonyl (C=O) groups is 1. The van der Waals surface area contributed by atoms with E-state index < -0.39 is 9.93 Å². The van der Waals surface area contributed by atoms with Gasteiger partial charge in [0.2, 0.25) is 5.91 Å². The van der Waals surface area contributed by atoms with Gasteiger partial charge in [0.1, 0.15) is 0 Å². The number of hydrogen-bond donors (Lipinski definition) is 2. The van der Waals surface area contributed by atoms with Crippen LogP contribution in [0.15, 0.2) is 12.7 Å². The van der Waals surface area contributed by atoms with Crippen molar-refractivity contribution in [3.8, 4) is 0 Å². The molecule has 0 heterocycles. The van der Waals surface area contributed by atoms with Crippen molar-refractivity contribution in [2.24, 2.45) is 0 Å². The molecule has 0 rings (SSSR count). The van der Waals surface area contributed by atoms with Gasteiger partial charge in [0, 0.05) is 11.3 Å². The van der Waals surface area contributed by atoms with Gasteiger partial charge in [-0.2, -0.15) is 0 Å². The summed E-state index contributed by atoms with van der Waals surface area (Å²) in [6.07, 6.45) is 6.59. The number of thiol groups is 1. The maximum atomic E-state index is 11.9. The van der Waals surface area contributed by atoms with Crippen LogP contribution in [0.4, 0.5) is 0 Å². The van der Waals surface area contributed by atoms with E-state index >= 15 is 0 Å². The maximum absolute atomic E-state index is 11.9. The lowest BCUT2D eigenvalue weighted by molar-refractivity contribution is -0.116. The Labute approximate surface area is 93.8 Å². The zero-order valence-electron chi connectivity index (χ0n) is 10.2. The van der Waals surface area contributed by atoms with Crippen LogP contribution in [0.5, 0.6) is 0 Å². The predicted molar refractivity (Wildman–Crippen MR) is 67.9 cm³/mol. The highest BCUT2D eigenvalue weighted by atomic mass is 32.2. The van der Waals surface area contributed by atoms with Gasteiger partial charge in [0.25, 0.3) is 0 Å². The molecule has 1 amide bonds. The lowest BCUT2D eigenvalue weighted by atomic mass is 10.1. The van der Waals surface area contributed by atoms with Gasteiger partial charge in [-0.05, 0) is 31.4 Å². The summed E-state index contributed by atoms with van der Waals surface area (Å²) >= 11 is 0. The highest BCUT2D eigenvalue weighted by Gasteiger charge is 2.26. The van der Waals surface area contributed by atoms with Crippen molar-refractivity contribution in [3.05, 3.63) is 12.7 Å². The molecule has 0 saturated heterocycles. The Bertz CT molecular complexity index is 278. The maximum Gasteiger partial charge on any atom is 0.243 e. The molecule has 0 aliphatic carbocycles. The number of nitrogens with one attached hydrogen (secondary N) is 1. The second kappa shape index (κ2) is 5.45. The number of hydrogen-bond acceptors (Lipinski definition) is 2. The van der Waals surface area contributed by atoms with Crippen LogP contribution >= 0.6 is 0 Å². The summed E-state index contributed by atoms with van der Waals surface area (Å²) in [5.74, 6) is -0.149. The molecule has 0 aliphatic heterocycles. The normalized spacial score (nSPS) is 13.3. The molecule has 0 fully saturated rings. The predicted octanol–water partition coefficient (Wildman–Crippen LogP) is 1.12. The van der Waals surface area contributed by atoms with Crippen molar-refractivity contribution < 1.29 is 9.00 Å². The SMILES string of the molecule is C=CC(=O)NCCCC(C)(C)[SH](C)(C)=O. The number of rotatable bonds is 6. The average molecular weight is 233 g/mol. The Hall–Kier alpha value is -0.640. The fourth-order valence-electron chi connectivity index (χ4n) is 1.07. The first-order valence-corrected chi connectivity index (χ1v) is 7.76. The van der Waals surface area contributed by atoms with Crippen molar-refractivity contribution >= 4 is 15.8 Å². The van der Waals surface area contributed by atoms with E-state index in [-0.39, 0.29) is 10.7 Å². The van der Waals surface area contributed by atoms with Gasteiger partial charge in [-0.15, -0.1) is 9.93 Å². The summed E-state index contributed by atoms with van der Waals surface area (Å²) in [5, 5.41) is 2.71. The Kier molecular flexibility index (Phi) is 5.21. The Balaban J connectivity index is 3.92. The van der Waals surface area contributed by atoms with Gasteiger partial charge in [-0.1, -0.05) is 20.4 Å². The van der Waals surface area contributed by atoms with E-state index in [4.69, 9.17) is 0 Å². The lowest BCUT2D eigenvalue weighted by Gasteiger charge is -2.33. The van der Waals surface area contributed by atoms with E-state index in [0.29, 0.717) is 6.54 Å². The monoisotopic (exact) mass is 233 g/mol. The minimum absolute atomic E-state index is 0.147. The van der Waals surface area contributed by atoms with Gasteiger partial charge in [0.15, 0.2) is 0 Å². The summed E-state index contributed by atoms with van der Waals surface area (Å²) in [7, 11) is -2.07. The van der Waals surface area contributed by atoms with E-state index in [9.17, 15) is 9.00 Å². The molecule has 0 atom stereocenters. The molecule has 0 aliphatic rings. The third kappa shape index (κ3) is 5.11. The zero-order chi connectivity index (χ0) is 12.1. The minimum atomic E-state index is -2.07. The molecule has 0 aromatic heterocycles. The Morgan fingerprint density at radius 1 is 1.47 bits per heavy atom. The van der Waals surface area contributed by atoms with Crippen LogP contribution < -0.4 is 5.32 Å². The molecule has 15 heavy (non-hydrogen) atoms. The standard InChI is InChI=1S/C11H23NO2S/c1-6-10(13)12-9-7-8-11(2,3)15(4,5)14/h6,15H,1,7-9H2,2-5H3,(H,12,13). The van der Waals surface area contributed by atoms with Gasteiger partial charge in [-0.25, -0.2) is 0 Å². The van der Waals surface area contributed by atoms with Crippen LogP contribution in [-0.2, 0) is 14.7 Å². The fraction of sp³-hybridized carbons (Fsp3) is 0.727. The van der Waals surface area contributed by atoms with Crippen LogP contribution in [0.3, 0.4) is 0 Å². The highest BCUT2D eigenvalue weighted by molar-refractivity contribution is 8.02. The topological polar surface area (TPSA) is 46.2 Å². The summed E-state index contributed by atoms with van der Waals surface area (Å²) < 4.78 is 11.8. The molecule has 1 N–H and O–H groups in total. The third-order valence-electron chi connectivity index (χ3n) is 2.91. The Morgan fingerprint density at radius 2 is 2.00 bits per heavy atom. The lowest BCUT2D eigenvalue weighted by Crippen LogP contribution is -2.37. The van der Waals surface area contributed by atoms with Gasteiger partial charge in [0.05, 0.1) is 0 Å². The smallest absolute Gasteiger partial charge is 0.243 e. The first-order chi connectivity index (χ1) is 6.70. The summed E-state index contributed by atoms with van der Waals surface area (Å²) in [4.78, 5) is 10.8. The van der Waals surface area contributed by atoms with Crippen molar-refractivity contribution in [3.63, 3.8) is 0 Å². The molecule has 4 heteroatoms. The zero-order valence-corrected chi connectivity index (χ0v) is 11.1. The van der Waals surface area contributed by atoms with Crippen LogP contribution in [0.2, 0.25) is 0 Å². The molecule has 0 unspecified atom stereocenters. The van der Waals surface area contributed by atoms with Crippen LogP contribution in [-0.4, -0.2) is 33.9 Å². The Morgan fingerprint density at radius 3 is 2.40 bits per heavy atom. The molecule has 0 saturated carbocycles. The number of amides is 1. The summed E-state index contributed by atoms with van der Waals surface area (Å²) in [6.45, 7) is 8.02. The summed E-state index contributed by atoms with van der Waals surface area (Å²) in [6, 6.07) is 0. The van der Waals surface area contributed by atoms with Crippen molar-refractivity contribution in [1.82, 2.24) is 5.32 Å². The van der Waals surface area contributed by atoms with E-state index in [2.05, 4.69) is 11.9 Å². The molecule has 3 nitrogen and oxygen atoms in total. The van der Waals surface area contributed by atoms with Crippen LogP contribution in [0, 0.1) is 0 Å². The average Bonchev–Trinajstić information content (AvgIpc) is 2.10. The molecule has 0 aromatic carbocycles. The second-order valence-electron chi connectivity index (χ2n) is 4.76. The van der Waals surface area contributed by atoms with E-state index in [1.54, 1.807) is 0 Å². The molecule has 0 spiro atoms. The molecule has 0 radical (unpaired) electrons. The van der Waals surface area contributed by atoms with Gasteiger partial charge < -0.3 is 5.32 Å². The van der Waals surface area contributed by atoms with E-state index in [0.717, 1.165) is 12.8 Å². The van der Waals surface area contributed by atoms with Crippen molar-refractivity contribution in [2.45, 2.75) is 31.4 Å². The van der Waals surface area contributed by atoms with E-state index in [1.165, 1.54) is 6.08 Å². The van der Waals surface area contributed by atoms with Crippen molar-refractivity contribution in [1.29, 1.82) is 0 Å². The van der Waals surface area contributed by atoms with Crippen LogP contribution in [0.25, 0.3) is 0 Å². The fourth-order valence-corrected chi connectivity index (χ4v) is 1.77. The molecule has 0 aromatic rings. The minimum Gasteiger partial charge on any atom is -0.353 e. The molecular formula is C11H23NO2S. The quantitative estimate of drug-likeness (QED) is 0.410.